The third-order valence-electron chi connectivity index (χ3n) is 3.25. The Bertz CT molecular complexity index is 932. The van der Waals surface area contributed by atoms with Gasteiger partial charge in [0.1, 0.15) is 15.7 Å². The fraction of sp³-hybridized carbons (Fsp3) is 0.231. The van der Waals surface area contributed by atoms with E-state index >= 15 is 0 Å². The third kappa shape index (κ3) is 4.23. The Labute approximate surface area is 158 Å². The van der Waals surface area contributed by atoms with Crippen molar-refractivity contribution in [2.45, 2.75) is 19.1 Å². The van der Waals surface area contributed by atoms with Crippen LogP contribution in [0.3, 0.4) is 0 Å². The van der Waals surface area contributed by atoms with Crippen LogP contribution in [0.15, 0.2) is 10.7 Å². The second-order valence-corrected chi connectivity index (χ2v) is 5.98. The molecule has 2 rings (SSSR count). The number of hydrogen-bond donors (Lipinski definition) is 1. The number of alkyl halides is 3. The average molecular weight is 479 g/mol. The normalized spacial score (nSPS) is 11.6. The molecule has 0 radical (unpaired) electrons. The van der Waals surface area contributed by atoms with E-state index in [4.69, 9.17) is 0 Å². The first kappa shape index (κ1) is 21.6. The first-order valence-corrected chi connectivity index (χ1v) is 7.74. The molecule has 28 heavy (non-hydrogen) atoms. The molecule has 1 aromatic heterocycles. The fourth-order valence-corrected chi connectivity index (χ4v) is 2.49. The molecule has 0 atom stereocenters. The number of nitrogens with one attached hydrogen (secondary N) is 1. The number of aromatic nitrogens is 2. The zero-order chi connectivity index (χ0) is 21.4. The maximum absolute atomic E-state index is 13.7. The van der Waals surface area contributed by atoms with Crippen LogP contribution in [0, 0.1) is 33.4 Å². The molecule has 0 bridgehead atoms. The summed E-state index contributed by atoms with van der Waals surface area (Å²) in [6.07, 6.45) is -5.22. The molecule has 1 aromatic carbocycles. The van der Waals surface area contributed by atoms with Crippen LogP contribution in [0.25, 0.3) is 0 Å². The van der Waals surface area contributed by atoms with Gasteiger partial charge in [-0.1, -0.05) is 0 Å². The lowest BCUT2D eigenvalue weighted by molar-refractivity contribution is -0.390. The van der Waals surface area contributed by atoms with E-state index in [1.807, 2.05) is 0 Å². The lowest BCUT2D eigenvalue weighted by atomic mass is 10.1. The highest BCUT2D eigenvalue weighted by molar-refractivity contribution is 9.10. The largest absolute Gasteiger partial charge is 0.422 e. The van der Waals surface area contributed by atoms with Gasteiger partial charge in [0.25, 0.3) is 0 Å². The van der Waals surface area contributed by atoms with E-state index in [0.717, 1.165) is 10.9 Å². The number of nitro groups is 1. The number of aryl methyl sites for hydroxylation is 1. The topological polar surface area (TPSA) is 90.1 Å². The number of carbonyl (C=O) groups excluding carboxylic acids is 1. The van der Waals surface area contributed by atoms with Gasteiger partial charge in [-0.3, -0.25) is 4.79 Å². The monoisotopic (exact) mass is 478 g/mol. The first-order valence-electron chi connectivity index (χ1n) is 6.94. The molecule has 152 valence electrons. The minimum Gasteiger partial charge on any atom is -0.358 e. The Hall–Kier alpha value is -2.71. The van der Waals surface area contributed by atoms with E-state index < -0.39 is 63.8 Å². The molecule has 0 fully saturated rings. The van der Waals surface area contributed by atoms with Crippen molar-refractivity contribution in [1.29, 1.82) is 0 Å². The highest BCUT2D eigenvalue weighted by Gasteiger charge is 2.42. The molecular weight excluding hydrogens is 473 g/mol. The molecular formula is C13H6BrF7N4O3. The summed E-state index contributed by atoms with van der Waals surface area (Å²) in [5.74, 6) is -12.1. The second kappa shape index (κ2) is 7.73. The average Bonchev–Trinajstić information content (AvgIpc) is 2.95. The highest BCUT2D eigenvalue weighted by atomic mass is 79.9. The van der Waals surface area contributed by atoms with Gasteiger partial charge in [0.2, 0.25) is 5.91 Å². The van der Waals surface area contributed by atoms with Crippen LogP contribution >= 0.6 is 15.9 Å². The second-order valence-electron chi connectivity index (χ2n) is 5.12. The molecule has 0 saturated carbocycles. The van der Waals surface area contributed by atoms with E-state index in [9.17, 15) is 45.6 Å². The number of amides is 1. The Morgan fingerprint density at radius 1 is 1.18 bits per heavy atom. The van der Waals surface area contributed by atoms with Crippen molar-refractivity contribution in [1.82, 2.24) is 9.78 Å². The SMILES string of the molecule is O=C(CCn1cc(Br)c([N+](=O)[O-])n1)Nc1c(F)c(F)c(C(F)(F)F)c(F)c1F. The fourth-order valence-electron chi connectivity index (χ4n) is 2.03. The standard InChI is InChI=1S/C13H6BrF7N4O3/c14-4-3-24(23-12(4)25(27)28)2-1-5(26)22-11-9(17)7(15)6(13(19,20)21)8(16)10(11)18/h3H,1-2H2,(H,22,26). The molecule has 0 aliphatic heterocycles. The molecule has 0 unspecified atom stereocenters. The van der Waals surface area contributed by atoms with Crippen LogP contribution in [0.2, 0.25) is 0 Å². The van der Waals surface area contributed by atoms with Crippen molar-refractivity contribution in [3.63, 3.8) is 0 Å². The number of rotatable bonds is 5. The molecule has 0 aliphatic carbocycles. The summed E-state index contributed by atoms with van der Waals surface area (Å²) in [5, 5.41) is 15.6. The number of anilines is 1. The van der Waals surface area contributed by atoms with Crippen molar-refractivity contribution in [3.05, 3.63) is 49.6 Å². The van der Waals surface area contributed by atoms with Crippen molar-refractivity contribution >= 4 is 33.3 Å². The van der Waals surface area contributed by atoms with Gasteiger partial charge >= 0.3 is 12.0 Å². The Morgan fingerprint density at radius 2 is 1.71 bits per heavy atom. The zero-order valence-corrected chi connectivity index (χ0v) is 14.7. The molecule has 15 heteroatoms. The smallest absolute Gasteiger partial charge is 0.358 e. The predicted octanol–water partition coefficient (Wildman–Crippen LogP) is 4.16. The lowest BCUT2D eigenvalue weighted by Gasteiger charge is -2.14. The van der Waals surface area contributed by atoms with Gasteiger partial charge in [-0.15, -0.1) is 0 Å². The maximum atomic E-state index is 13.7. The minimum atomic E-state index is -5.71. The third-order valence-corrected chi connectivity index (χ3v) is 3.81. The van der Waals surface area contributed by atoms with Gasteiger partial charge in [-0.2, -0.15) is 17.9 Å². The van der Waals surface area contributed by atoms with E-state index in [1.54, 1.807) is 0 Å². The van der Waals surface area contributed by atoms with E-state index in [-0.39, 0.29) is 11.0 Å². The molecule has 1 amide bonds. The Kier molecular flexibility index (Phi) is 5.96. The van der Waals surface area contributed by atoms with Crippen LogP contribution in [0.4, 0.5) is 42.2 Å². The number of halogens is 8. The van der Waals surface area contributed by atoms with Crippen LogP contribution in [0.5, 0.6) is 0 Å². The van der Waals surface area contributed by atoms with Crippen LogP contribution in [-0.4, -0.2) is 20.6 Å². The highest BCUT2D eigenvalue weighted by Crippen LogP contribution is 2.38. The number of benzene rings is 1. The molecule has 0 saturated heterocycles. The van der Waals surface area contributed by atoms with Crippen molar-refractivity contribution in [3.8, 4) is 0 Å². The summed E-state index contributed by atoms with van der Waals surface area (Å²) < 4.78 is 92.8. The summed E-state index contributed by atoms with van der Waals surface area (Å²) >= 11 is 2.84. The number of nitrogens with zero attached hydrogens (tertiary/aromatic N) is 3. The van der Waals surface area contributed by atoms with Gasteiger partial charge in [0, 0.05) is 6.42 Å². The number of hydrogen-bond acceptors (Lipinski definition) is 4. The predicted molar refractivity (Wildman–Crippen MR) is 81.1 cm³/mol. The molecule has 0 spiro atoms. The minimum absolute atomic E-state index is 0.0260. The van der Waals surface area contributed by atoms with Gasteiger partial charge in [0.05, 0.1) is 17.8 Å². The van der Waals surface area contributed by atoms with Crippen LogP contribution in [0.1, 0.15) is 12.0 Å². The van der Waals surface area contributed by atoms with Gasteiger partial charge in [-0.25, -0.2) is 17.6 Å². The van der Waals surface area contributed by atoms with E-state index in [1.165, 1.54) is 5.32 Å². The molecule has 1 N–H and O–H groups in total. The Morgan fingerprint density at radius 3 is 2.14 bits per heavy atom. The van der Waals surface area contributed by atoms with Crippen molar-refractivity contribution in [2.75, 3.05) is 5.32 Å². The molecule has 2 aromatic rings. The number of carbonyl (C=O) groups is 1. The van der Waals surface area contributed by atoms with Gasteiger partial charge < -0.3 is 15.4 Å². The summed E-state index contributed by atoms with van der Waals surface area (Å²) in [4.78, 5) is 21.5. The summed E-state index contributed by atoms with van der Waals surface area (Å²) in [6.45, 7) is -0.354. The zero-order valence-electron chi connectivity index (χ0n) is 13.1. The van der Waals surface area contributed by atoms with Crippen molar-refractivity contribution in [2.24, 2.45) is 0 Å². The Balaban J connectivity index is 2.20. The summed E-state index contributed by atoms with van der Waals surface area (Å²) in [7, 11) is 0. The van der Waals surface area contributed by atoms with Crippen LogP contribution in [-0.2, 0) is 17.5 Å². The van der Waals surface area contributed by atoms with E-state index in [0.29, 0.717) is 0 Å². The van der Waals surface area contributed by atoms with Crippen LogP contribution < -0.4 is 5.32 Å². The lowest BCUT2D eigenvalue weighted by Crippen LogP contribution is -2.21. The summed E-state index contributed by atoms with van der Waals surface area (Å²) in [6, 6.07) is 0. The van der Waals surface area contributed by atoms with Gasteiger partial charge in [-0.05, 0) is 20.9 Å². The van der Waals surface area contributed by atoms with Crippen molar-refractivity contribution < 1.29 is 40.5 Å². The first-order chi connectivity index (χ1) is 12.8. The summed E-state index contributed by atoms with van der Waals surface area (Å²) in [5.41, 5.74) is -4.50. The molecule has 7 nitrogen and oxygen atoms in total. The van der Waals surface area contributed by atoms with E-state index in [2.05, 4.69) is 21.0 Å². The molecule has 1 heterocycles. The van der Waals surface area contributed by atoms with Gasteiger partial charge in [0.15, 0.2) is 23.3 Å². The molecule has 0 aliphatic rings. The maximum Gasteiger partial charge on any atom is 0.422 e. The quantitative estimate of drug-likeness (QED) is 0.302.